The second-order valence-corrected chi connectivity index (χ2v) is 6.97. The summed E-state index contributed by atoms with van der Waals surface area (Å²) in [6, 6.07) is 7.70. The maximum atomic E-state index is 13.2. The Kier molecular flexibility index (Phi) is 5.39. The molecule has 2 saturated heterocycles. The van der Waals surface area contributed by atoms with Gasteiger partial charge in [0, 0.05) is 20.1 Å². The van der Waals surface area contributed by atoms with Gasteiger partial charge in [0.1, 0.15) is 6.61 Å². The molecule has 0 saturated carbocycles. The van der Waals surface area contributed by atoms with Crippen LogP contribution >= 0.6 is 0 Å². The molecule has 1 aromatic carbocycles. The molecular weight excluding hydrogens is 318 g/mol. The third kappa shape index (κ3) is 3.55. The molecule has 6 nitrogen and oxygen atoms in total. The zero-order valence-corrected chi connectivity index (χ0v) is 15.2. The summed E-state index contributed by atoms with van der Waals surface area (Å²) in [7, 11) is 3.61. The fraction of sp³-hybridized carbons (Fsp3) is 0.579. The topological polar surface area (TPSA) is 61.9 Å². The number of carbonyl (C=O) groups excluding carboxylic acids is 2. The van der Waals surface area contributed by atoms with Crippen LogP contribution in [-0.2, 0) is 14.3 Å². The van der Waals surface area contributed by atoms with Crippen molar-refractivity contribution in [1.29, 1.82) is 0 Å². The number of likely N-dealkylation sites (N-methyl/N-ethyl adjacent to an activating group) is 2. The Balaban J connectivity index is 1.87. The van der Waals surface area contributed by atoms with Gasteiger partial charge in [-0.2, -0.15) is 0 Å². The highest BCUT2D eigenvalue weighted by Crippen LogP contribution is 2.32. The van der Waals surface area contributed by atoms with Gasteiger partial charge in [-0.3, -0.25) is 9.59 Å². The molecule has 0 radical (unpaired) electrons. The summed E-state index contributed by atoms with van der Waals surface area (Å²) in [5, 5.41) is 3.32. The molecule has 25 heavy (non-hydrogen) atoms. The predicted octanol–water partition coefficient (Wildman–Crippen LogP) is 1.10. The smallest absolute Gasteiger partial charge is 0.254 e. The van der Waals surface area contributed by atoms with Crippen molar-refractivity contribution < 1.29 is 14.3 Å². The number of hydrogen-bond donors (Lipinski definition) is 1. The summed E-state index contributed by atoms with van der Waals surface area (Å²) < 4.78 is 5.76. The first-order valence-corrected chi connectivity index (χ1v) is 8.91. The summed E-state index contributed by atoms with van der Waals surface area (Å²) >= 11 is 0. The minimum Gasteiger partial charge on any atom is -0.356 e. The molecule has 2 atom stereocenters. The van der Waals surface area contributed by atoms with Crippen molar-refractivity contribution in [2.24, 2.45) is 0 Å². The molecule has 2 amide bonds. The van der Waals surface area contributed by atoms with Gasteiger partial charge in [0.15, 0.2) is 6.10 Å². The van der Waals surface area contributed by atoms with Gasteiger partial charge in [-0.15, -0.1) is 0 Å². The van der Waals surface area contributed by atoms with E-state index in [1.165, 1.54) is 0 Å². The molecule has 2 fully saturated rings. The van der Waals surface area contributed by atoms with Crippen LogP contribution in [0.3, 0.4) is 0 Å². The van der Waals surface area contributed by atoms with Crippen LogP contribution in [0.15, 0.2) is 24.3 Å². The van der Waals surface area contributed by atoms with Crippen molar-refractivity contribution in [3.05, 3.63) is 35.4 Å². The first-order valence-electron chi connectivity index (χ1n) is 8.91. The number of piperidine rings is 1. The predicted molar refractivity (Wildman–Crippen MR) is 95.1 cm³/mol. The number of hydrogen-bond acceptors (Lipinski definition) is 4. The number of nitrogens with zero attached hydrogens (tertiary/aromatic N) is 2. The van der Waals surface area contributed by atoms with E-state index in [0.717, 1.165) is 37.1 Å². The molecule has 2 aliphatic rings. The first kappa shape index (κ1) is 17.9. The molecule has 0 spiro atoms. The third-order valence-corrected chi connectivity index (χ3v) is 5.44. The summed E-state index contributed by atoms with van der Waals surface area (Å²) in [6.45, 7) is 3.80. The van der Waals surface area contributed by atoms with E-state index in [0.29, 0.717) is 0 Å². The number of carbonyl (C=O) groups is 2. The van der Waals surface area contributed by atoms with E-state index in [9.17, 15) is 9.59 Å². The molecule has 2 aliphatic heterocycles. The number of amides is 2. The number of morpholine rings is 1. The molecule has 2 heterocycles. The van der Waals surface area contributed by atoms with Gasteiger partial charge in [0.2, 0.25) is 5.91 Å². The van der Waals surface area contributed by atoms with Gasteiger partial charge in [-0.05, 0) is 44.0 Å². The molecule has 2 unspecified atom stereocenters. The molecule has 0 aromatic heterocycles. The van der Waals surface area contributed by atoms with Crippen molar-refractivity contribution in [1.82, 2.24) is 15.1 Å². The van der Waals surface area contributed by atoms with Gasteiger partial charge in [-0.1, -0.05) is 24.3 Å². The van der Waals surface area contributed by atoms with E-state index < -0.39 is 6.10 Å². The number of benzene rings is 1. The van der Waals surface area contributed by atoms with Gasteiger partial charge in [-0.25, -0.2) is 0 Å². The summed E-state index contributed by atoms with van der Waals surface area (Å²) in [5.41, 5.74) is 2.02. The van der Waals surface area contributed by atoms with Gasteiger partial charge < -0.3 is 19.9 Å². The Morgan fingerprint density at radius 1 is 1.28 bits per heavy atom. The Labute approximate surface area is 149 Å². The van der Waals surface area contributed by atoms with E-state index in [1.807, 2.05) is 43.1 Å². The maximum Gasteiger partial charge on any atom is 0.254 e. The van der Waals surface area contributed by atoms with Crippen LogP contribution in [0.2, 0.25) is 0 Å². The van der Waals surface area contributed by atoms with Crippen LogP contribution < -0.4 is 5.32 Å². The second kappa shape index (κ2) is 7.54. The average molecular weight is 345 g/mol. The van der Waals surface area contributed by atoms with E-state index in [1.54, 1.807) is 11.9 Å². The molecule has 3 rings (SSSR count). The molecule has 1 N–H and O–H groups in total. The lowest BCUT2D eigenvalue weighted by atomic mass is 9.93. The fourth-order valence-electron chi connectivity index (χ4n) is 3.78. The van der Waals surface area contributed by atoms with E-state index in [-0.39, 0.29) is 30.5 Å². The van der Waals surface area contributed by atoms with Gasteiger partial charge in [0.05, 0.1) is 6.04 Å². The SMILES string of the molecule is Cc1ccccc1C1C(C(=O)N(C)C2CCNCC2)OCC(=O)N1C. The molecule has 0 bridgehead atoms. The Hall–Kier alpha value is -1.92. The van der Waals surface area contributed by atoms with Crippen molar-refractivity contribution in [3.63, 3.8) is 0 Å². The van der Waals surface area contributed by atoms with Crippen LogP contribution in [0.1, 0.15) is 30.0 Å². The van der Waals surface area contributed by atoms with Crippen LogP contribution in [0, 0.1) is 6.92 Å². The number of aryl methyl sites for hydroxylation is 1. The lowest BCUT2D eigenvalue weighted by Gasteiger charge is -2.42. The maximum absolute atomic E-state index is 13.2. The normalized spacial score (nSPS) is 25.1. The minimum atomic E-state index is -0.663. The van der Waals surface area contributed by atoms with E-state index in [4.69, 9.17) is 4.74 Å². The minimum absolute atomic E-state index is 0.0421. The lowest BCUT2D eigenvalue weighted by Crippen LogP contribution is -2.55. The van der Waals surface area contributed by atoms with E-state index in [2.05, 4.69) is 5.32 Å². The van der Waals surface area contributed by atoms with Gasteiger partial charge in [0.25, 0.3) is 5.91 Å². The Morgan fingerprint density at radius 2 is 1.96 bits per heavy atom. The monoisotopic (exact) mass is 345 g/mol. The van der Waals surface area contributed by atoms with Crippen LogP contribution in [0.25, 0.3) is 0 Å². The van der Waals surface area contributed by atoms with Crippen molar-refractivity contribution in [3.8, 4) is 0 Å². The Bertz CT molecular complexity index is 643. The molecule has 6 heteroatoms. The van der Waals surface area contributed by atoms with Crippen LogP contribution in [-0.4, -0.2) is 67.6 Å². The van der Waals surface area contributed by atoms with Crippen molar-refractivity contribution in [2.75, 3.05) is 33.8 Å². The van der Waals surface area contributed by atoms with Crippen LogP contribution in [0.4, 0.5) is 0 Å². The number of rotatable bonds is 3. The molecular formula is C19H27N3O3. The number of nitrogens with one attached hydrogen (secondary N) is 1. The summed E-state index contributed by atoms with van der Waals surface area (Å²) in [4.78, 5) is 28.9. The van der Waals surface area contributed by atoms with Crippen molar-refractivity contribution >= 4 is 11.8 Å². The summed E-state index contributed by atoms with van der Waals surface area (Å²) in [6.07, 6.45) is 1.22. The standard InChI is InChI=1S/C19H27N3O3/c1-13-6-4-5-7-15(13)17-18(25-12-16(23)22(17)3)19(24)21(2)14-8-10-20-11-9-14/h4-7,14,17-18,20H,8-12H2,1-3H3. The molecule has 0 aliphatic carbocycles. The number of ether oxygens (including phenoxy) is 1. The fourth-order valence-corrected chi connectivity index (χ4v) is 3.78. The lowest BCUT2D eigenvalue weighted by molar-refractivity contribution is -0.168. The highest BCUT2D eigenvalue weighted by molar-refractivity contribution is 5.86. The molecule has 136 valence electrons. The van der Waals surface area contributed by atoms with Crippen molar-refractivity contribution in [2.45, 2.75) is 38.0 Å². The zero-order valence-electron chi connectivity index (χ0n) is 15.2. The average Bonchev–Trinajstić information content (AvgIpc) is 2.64. The highest BCUT2D eigenvalue weighted by atomic mass is 16.5. The van der Waals surface area contributed by atoms with E-state index >= 15 is 0 Å². The quantitative estimate of drug-likeness (QED) is 0.891. The second-order valence-electron chi connectivity index (χ2n) is 6.97. The first-order chi connectivity index (χ1) is 12.0. The summed E-state index contributed by atoms with van der Waals surface area (Å²) in [5.74, 6) is -0.138. The molecule has 1 aromatic rings. The largest absolute Gasteiger partial charge is 0.356 e. The highest BCUT2D eigenvalue weighted by Gasteiger charge is 2.42. The Morgan fingerprint density at radius 3 is 2.64 bits per heavy atom. The van der Waals surface area contributed by atoms with Crippen LogP contribution in [0.5, 0.6) is 0 Å². The zero-order chi connectivity index (χ0) is 18.0. The third-order valence-electron chi connectivity index (χ3n) is 5.44. The van der Waals surface area contributed by atoms with Gasteiger partial charge >= 0.3 is 0 Å².